The van der Waals surface area contributed by atoms with E-state index in [0.717, 1.165) is 58.2 Å². The molecule has 1 N–H and O–H groups in total. The molecule has 0 unspecified atom stereocenters. The third-order valence-electron chi connectivity index (χ3n) is 6.71. The van der Waals surface area contributed by atoms with Crippen LogP contribution in [-0.4, -0.2) is 78.3 Å². The van der Waals surface area contributed by atoms with Crippen LogP contribution in [0.2, 0.25) is 0 Å². The number of β-amino-alcohol motifs (C(OH)–C–C–N with tert-alkyl or cyclic N) is 1. The highest BCUT2D eigenvalue weighted by atomic mass is 32.1. The fraction of sp³-hybridized carbons (Fsp3) is 0.810. The quantitative estimate of drug-likeness (QED) is 0.874. The number of hydrogen-bond acceptors (Lipinski definition) is 5. The van der Waals surface area contributed by atoms with Gasteiger partial charge in [0.1, 0.15) is 0 Å². The maximum absolute atomic E-state index is 10.8. The lowest BCUT2D eigenvalue weighted by Gasteiger charge is -2.44. The van der Waals surface area contributed by atoms with Gasteiger partial charge in [-0.05, 0) is 44.4 Å². The minimum atomic E-state index is -0.204. The average molecular weight is 378 g/mol. The molecule has 1 saturated carbocycles. The van der Waals surface area contributed by atoms with Crippen molar-refractivity contribution in [1.29, 1.82) is 0 Å². The number of hydrogen-bond donors (Lipinski definition) is 1. The highest BCUT2D eigenvalue weighted by Gasteiger charge is 2.33. The summed E-state index contributed by atoms with van der Waals surface area (Å²) in [4.78, 5) is 10.5. The number of likely N-dealkylation sites (tertiary alicyclic amines) is 1. The van der Waals surface area contributed by atoms with E-state index in [1.165, 1.54) is 37.0 Å². The fourth-order valence-corrected chi connectivity index (χ4v) is 6.24. The summed E-state index contributed by atoms with van der Waals surface area (Å²) in [6, 6.07) is 5.08. The van der Waals surface area contributed by atoms with Crippen LogP contribution in [0.4, 0.5) is 0 Å². The molecule has 0 bridgehead atoms. The summed E-state index contributed by atoms with van der Waals surface area (Å²) < 4.78 is 0. The summed E-state index contributed by atoms with van der Waals surface area (Å²) in [6.07, 6.45) is 7.91. The highest BCUT2D eigenvalue weighted by Crippen LogP contribution is 2.36. The third kappa shape index (κ3) is 4.50. The van der Waals surface area contributed by atoms with Gasteiger partial charge in [-0.15, -0.1) is 11.3 Å². The SMILES string of the molecule is CN1CCN([C@@H]2CCN(Cc3ccc(C4CCCCC4)s3)C[C@H]2O)CC1. The van der Waals surface area contributed by atoms with Crippen LogP contribution in [0.1, 0.15) is 54.2 Å². The van der Waals surface area contributed by atoms with Crippen molar-refractivity contribution in [2.45, 2.75) is 63.1 Å². The molecule has 26 heavy (non-hydrogen) atoms. The number of piperazine rings is 1. The van der Waals surface area contributed by atoms with Crippen molar-refractivity contribution in [2.24, 2.45) is 0 Å². The van der Waals surface area contributed by atoms with Gasteiger partial charge in [-0.3, -0.25) is 9.80 Å². The molecule has 2 aliphatic heterocycles. The second kappa shape index (κ2) is 8.70. The Kier molecular flexibility index (Phi) is 6.32. The smallest absolute Gasteiger partial charge is 0.0822 e. The summed E-state index contributed by atoms with van der Waals surface area (Å²) in [5, 5.41) is 10.8. The van der Waals surface area contributed by atoms with Gasteiger partial charge in [0, 0.05) is 61.6 Å². The minimum absolute atomic E-state index is 0.204. The zero-order chi connectivity index (χ0) is 17.9. The molecule has 3 aliphatic rings. The lowest BCUT2D eigenvalue weighted by molar-refractivity contribution is -0.0283. The Morgan fingerprint density at radius 3 is 2.50 bits per heavy atom. The van der Waals surface area contributed by atoms with E-state index in [-0.39, 0.29) is 6.10 Å². The second-order valence-electron chi connectivity index (χ2n) is 8.64. The molecule has 4 rings (SSSR count). The summed E-state index contributed by atoms with van der Waals surface area (Å²) in [6.45, 7) is 7.43. The molecule has 3 fully saturated rings. The molecule has 4 nitrogen and oxygen atoms in total. The van der Waals surface area contributed by atoms with Crippen LogP contribution in [0.25, 0.3) is 0 Å². The van der Waals surface area contributed by atoms with Crippen molar-refractivity contribution in [3.8, 4) is 0 Å². The molecule has 0 aromatic carbocycles. The van der Waals surface area contributed by atoms with Crippen molar-refractivity contribution in [3.05, 3.63) is 21.9 Å². The van der Waals surface area contributed by atoms with E-state index < -0.39 is 0 Å². The Hall–Kier alpha value is -0.460. The van der Waals surface area contributed by atoms with Crippen LogP contribution in [0.3, 0.4) is 0 Å². The number of aliphatic hydroxyl groups excluding tert-OH is 1. The van der Waals surface area contributed by atoms with Gasteiger partial charge in [0.15, 0.2) is 0 Å². The first-order chi connectivity index (χ1) is 12.7. The maximum Gasteiger partial charge on any atom is 0.0822 e. The summed E-state index contributed by atoms with van der Waals surface area (Å²) in [7, 11) is 2.19. The van der Waals surface area contributed by atoms with Crippen LogP contribution >= 0.6 is 11.3 Å². The molecule has 2 saturated heterocycles. The molecular weight excluding hydrogens is 342 g/mol. The maximum atomic E-state index is 10.8. The zero-order valence-electron chi connectivity index (χ0n) is 16.3. The molecule has 1 aromatic rings. The number of thiophene rings is 1. The van der Waals surface area contributed by atoms with Gasteiger partial charge in [0.2, 0.25) is 0 Å². The van der Waals surface area contributed by atoms with Crippen LogP contribution in [0.5, 0.6) is 0 Å². The first-order valence-electron chi connectivity index (χ1n) is 10.6. The number of nitrogens with zero attached hydrogens (tertiary/aromatic N) is 3. The predicted octanol–water partition coefficient (Wildman–Crippen LogP) is 2.98. The van der Waals surface area contributed by atoms with Gasteiger partial charge in [0.05, 0.1) is 6.10 Å². The van der Waals surface area contributed by atoms with Gasteiger partial charge < -0.3 is 10.0 Å². The third-order valence-corrected chi connectivity index (χ3v) is 7.94. The Balaban J connectivity index is 1.28. The van der Waals surface area contributed by atoms with Crippen molar-refractivity contribution < 1.29 is 5.11 Å². The van der Waals surface area contributed by atoms with Gasteiger partial charge in [-0.2, -0.15) is 0 Å². The van der Waals surface area contributed by atoms with E-state index in [9.17, 15) is 5.11 Å². The molecular formula is C21H35N3OS. The molecule has 146 valence electrons. The molecule has 1 aliphatic carbocycles. The molecule has 2 atom stereocenters. The minimum Gasteiger partial charge on any atom is -0.390 e. The van der Waals surface area contributed by atoms with E-state index in [1.807, 2.05) is 11.3 Å². The lowest BCUT2D eigenvalue weighted by Crippen LogP contribution is -2.58. The summed E-state index contributed by atoms with van der Waals surface area (Å²) >= 11 is 2.02. The van der Waals surface area contributed by atoms with Gasteiger partial charge in [0.25, 0.3) is 0 Å². The summed E-state index contributed by atoms with van der Waals surface area (Å²) in [5.41, 5.74) is 0. The second-order valence-corrected chi connectivity index (χ2v) is 9.84. The number of rotatable bonds is 4. The predicted molar refractivity (Wildman–Crippen MR) is 109 cm³/mol. The van der Waals surface area contributed by atoms with Crippen LogP contribution < -0.4 is 0 Å². The van der Waals surface area contributed by atoms with E-state index >= 15 is 0 Å². The Morgan fingerprint density at radius 2 is 1.77 bits per heavy atom. The average Bonchev–Trinajstić information content (AvgIpc) is 3.12. The fourth-order valence-electron chi connectivity index (χ4n) is 5.01. The highest BCUT2D eigenvalue weighted by molar-refractivity contribution is 7.12. The molecule has 3 heterocycles. The first kappa shape index (κ1) is 18.9. The van der Waals surface area contributed by atoms with Gasteiger partial charge in [-0.1, -0.05) is 19.3 Å². The van der Waals surface area contributed by atoms with Crippen molar-refractivity contribution in [1.82, 2.24) is 14.7 Å². The van der Waals surface area contributed by atoms with Crippen LogP contribution in [0, 0.1) is 0 Å². The molecule has 0 radical (unpaired) electrons. The normalized spacial score (nSPS) is 30.7. The standard InChI is InChI=1S/C21H35N3OS/c1-22-11-13-24(14-12-22)19-9-10-23(16-20(19)25)15-18-7-8-21(26-18)17-5-3-2-4-6-17/h7-8,17,19-20,25H,2-6,9-16H2,1H3/t19-,20-/m1/s1. The van der Waals surface area contributed by atoms with Gasteiger partial charge >= 0.3 is 0 Å². The largest absolute Gasteiger partial charge is 0.390 e. The Morgan fingerprint density at radius 1 is 1.00 bits per heavy atom. The topological polar surface area (TPSA) is 30.0 Å². The number of piperidine rings is 1. The lowest BCUT2D eigenvalue weighted by atomic mass is 9.88. The molecule has 0 amide bonds. The van der Waals surface area contributed by atoms with Crippen molar-refractivity contribution >= 4 is 11.3 Å². The molecule has 1 aromatic heterocycles. The van der Waals surface area contributed by atoms with Crippen LogP contribution in [0.15, 0.2) is 12.1 Å². The van der Waals surface area contributed by atoms with Crippen molar-refractivity contribution in [2.75, 3.05) is 46.3 Å². The zero-order valence-corrected chi connectivity index (χ0v) is 17.1. The van der Waals surface area contributed by atoms with E-state index in [1.54, 1.807) is 4.88 Å². The summed E-state index contributed by atoms with van der Waals surface area (Å²) in [5.74, 6) is 0.816. The van der Waals surface area contributed by atoms with E-state index in [2.05, 4.69) is 33.9 Å². The molecule has 0 spiro atoms. The number of aliphatic hydroxyl groups is 1. The van der Waals surface area contributed by atoms with Crippen LogP contribution in [-0.2, 0) is 6.54 Å². The molecule has 5 heteroatoms. The first-order valence-corrected chi connectivity index (χ1v) is 11.4. The monoisotopic (exact) mass is 377 g/mol. The van der Waals surface area contributed by atoms with E-state index in [4.69, 9.17) is 0 Å². The Labute approximate surface area is 162 Å². The van der Waals surface area contributed by atoms with Crippen molar-refractivity contribution in [3.63, 3.8) is 0 Å². The van der Waals surface area contributed by atoms with Gasteiger partial charge in [-0.25, -0.2) is 0 Å². The van der Waals surface area contributed by atoms with E-state index in [0.29, 0.717) is 6.04 Å². The number of likely N-dealkylation sites (N-methyl/N-ethyl adjacent to an activating group) is 1. The Bertz CT molecular complexity index is 563.